The molecule has 8 nitrogen and oxygen atoms in total. The molecule has 6 rings (SSSR count). The first-order valence-electron chi connectivity index (χ1n) is 15.4. The quantitative estimate of drug-likeness (QED) is 0.0676. The average molecular weight is 1020 g/mol. The molecule has 312 valence electrons. The predicted octanol–water partition coefficient (Wildman–Crippen LogP) is 6.77. The monoisotopic (exact) mass is 1020 g/mol. The number of nitriles is 1. The maximum atomic E-state index is 10.7. The SMILES string of the molecule is CC#N.O.O=S(=O)([O-])C(F)(F)F.O=S(=O)([O-])C(F)(F)F.[CH]1[CH][CH][C](P(c2ccccc2)c2ccccc2)[CH]1.[CH]1[CH][CH][C](P(c2ccccc2)c2ccccc2)[CH]1.[Fe+2].[Pd+2]. The molecule has 0 atom stereocenters. The second-order valence-corrected chi connectivity index (χ2v) is 17.5. The Hall–Kier alpha value is -2.23. The minimum absolute atomic E-state index is 0. The van der Waals surface area contributed by atoms with Gasteiger partial charge in [-0.3, -0.25) is 0 Å². The molecule has 2 aliphatic rings. The first-order valence-corrected chi connectivity index (χ1v) is 20.9. The Balaban J connectivity index is 0. The van der Waals surface area contributed by atoms with E-state index >= 15 is 0 Å². The molecule has 0 spiro atoms. The Labute approximate surface area is 363 Å². The molecule has 20 heteroatoms. The summed E-state index contributed by atoms with van der Waals surface area (Å²) in [6.07, 6.45) is 17.4. The van der Waals surface area contributed by atoms with Crippen molar-refractivity contribution in [1.82, 2.24) is 0 Å². The van der Waals surface area contributed by atoms with Gasteiger partial charge in [0.05, 0.1) is 6.07 Å². The van der Waals surface area contributed by atoms with Crippen molar-refractivity contribution in [3.63, 3.8) is 0 Å². The largest absolute Gasteiger partial charge is 2.00 e. The molecule has 58 heavy (non-hydrogen) atoms. The van der Waals surface area contributed by atoms with Crippen LogP contribution in [-0.2, 0) is 57.7 Å². The molecule has 10 radical (unpaired) electrons. The average Bonchev–Trinajstić information content (AvgIpc) is 3.86. The van der Waals surface area contributed by atoms with Crippen LogP contribution in [-0.4, -0.2) is 42.4 Å². The van der Waals surface area contributed by atoms with Crippen LogP contribution in [0.2, 0.25) is 0 Å². The van der Waals surface area contributed by atoms with Crippen LogP contribution in [0, 0.1) is 74.0 Å². The Morgan fingerprint density at radius 2 is 0.655 bits per heavy atom. The molecule has 0 unspecified atom stereocenters. The van der Waals surface area contributed by atoms with Crippen LogP contribution in [0.4, 0.5) is 26.3 Å². The molecule has 0 aliphatic heterocycles. The summed E-state index contributed by atoms with van der Waals surface area (Å²) in [5.41, 5.74) is -8.45. The number of benzene rings is 4. The Morgan fingerprint density at radius 3 is 0.793 bits per heavy atom. The number of hydrogen-bond acceptors (Lipinski definition) is 7. The summed E-state index contributed by atoms with van der Waals surface area (Å²) in [7, 11) is -13.0. The summed E-state index contributed by atoms with van der Waals surface area (Å²) < 4.78 is 118. The van der Waals surface area contributed by atoms with Gasteiger partial charge in [0, 0.05) is 18.2 Å². The van der Waals surface area contributed by atoms with Crippen LogP contribution in [0.5, 0.6) is 0 Å². The normalized spacial score (nSPS) is 14.1. The predicted molar refractivity (Wildman–Crippen MR) is 205 cm³/mol. The second-order valence-electron chi connectivity index (χ2n) is 10.3. The van der Waals surface area contributed by atoms with Gasteiger partial charge in [-0.15, -0.1) is 0 Å². The van der Waals surface area contributed by atoms with Gasteiger partial charge in [-0.2, -0.15) is 31.6 Å². The zero-order valence-corrected chi connectivity index (χ0v) is 35.8. The van der Waals surface area contributed by atoms with Crippen LogP contribution in [0.25, 0.3) is 0 Å². The summed E-state index contributed by atoms with van der Waals surface area (Å²) in [5, 5.41) is 12.9. The zero-order valence-electron chi connectivity index (χ0n) is 29.7. The van der Waals surface area contributed by atoms with Gasteiger partial charge in [0.2, 0.25) is 0 Å². The van der Waals surface area contributed by atoms with Crippen molar-refractivity contribution in [3.8, 4) is 6.07 Å². The van der Waals surface area contributed by atoms with Crippen LogP contribution in [0.15, 0.2) is 121 Å². The fourth-order valence-electron chi connectivity index (χ4n) is 4.23. The van der Waals surface area contributed by atoms with Crippen LogP contribution in [0.1, 0.15) is 6.92 Å². The van der Waals surface area contributed by atoms with Gasteiger partial charge in [0.1, 0.15) is 0 Å². The van der Waals surface area contributed by atoms with E-state index in [1.807, 2.05) is 0 Å². The summed E-state index contributed by atoms with van der Waals surface area (Å²) in [5.74, 6) is 0. The molecule has 0 bridgehead atoms. The van der Waals surface area contributed by atoms with Crippen LogP contribution >= 0.6 is 15.8 Å². The number of rotatable bonds is 6. The third kappa shape index (κ3) is 20.4. The second kappa shape index (κ2) is 28.3. The maximum Gasteiger partial charge on any atom is 2.00 e. The van der Waals surface area contributed by atoms with Crippen molar-refractivity contribution in [2.75, 3.05) is 0 Å². The van der Waals surface area contributed by atoms with E-state index < -0.39 is 47.1 Å². The van der Waals surface area contributed by atoms with E-state index in [9.17, 15) is 26.3 Å². The Morgan fingerprint density at radius 1 is 0.500 bits per heavy atom. The van der Waals surface area contributed by atoms with E-state index in [0.29, 0.717) is 0 Å². The van der Waals surface area contributed by atoms with Crippen molar-refractivity contribution in [3.05, 3.63) is 184 Å². The third-order valence-corrected chi connectivity index (χ3v) is 12.5. The van der Waals surface area contributed by atoms with Gasteiger partial charge in [-0.1, -0.05) is 121 Å². The Bertz CT molecular complexity index is 1730. The molecule has 0 amide bonds. The summed E-state index contributed by atoms with van der Waals surface area (Å²) >= 11 is 0. The summed E-state index contributed by atoms with van der Waals surface area (Å²) in [6, 6.07) is 44.9. The molecule has 2 saturated carbocycles. The van der Waals surface area contributed by atoms with Gasteiger partial charge >= 0.3 is 48.5 Å². The van der Waals surface area contributed by atoms with E-state index in [1.165, 1.54) is 39.5 Å². The number of halogens is 6. The van der Waals surface area contributed by atoms with Crippen molar-refractivity contribution < 1.29 is 95.3 Å². The zero-order chi connectivity index (χ0) is 41.1. The topological polar surface area (TPSA) is 170 Å². The number of hydrogen-bond donors (Lipinski definition) is 0. The van der Waals surface area contributed by atoms with Gasteiger partial charge in [0.15, 0.2) is 20.2 Å². The molecule has 4 aromatic carbocycles. The van der Waals surface area contributed by atoms with E-state index in [1.54, 1.807) is 6.07 Å². The van der Waals surface area contributed by atoms with Gasteiger partial charge in [-0.25, -0.2) is 16.8 Å². The van der Waals surface area contributed by atoms with Crippen LogP contribution in [0.3, 0.4) is 0 Å². The fourth-order valence-corrected chi connectivity index (χ4v) is 8.84. The van der Waals surface area contributed by atoms with Gasteiger partial charge in [-0.05, 0) is 88.4 Å². The van der Waals surface area contributed by atoms with Gasteiger partial charge in [0.25, 0.3) is 0 Å². The van der Waals surface area contributed by atoms with E-state index in [2.05, 4.69) is 173 Å². The molecule has 0 heterocycles. The summed E-state index contributed by atoms with van der Waals surface area (Å²) in [4.78, 5) is 0. The van der Waals surface area contributed by atoms with Crippen molar-refractivity contribution in [2.45, 2.75) is 17.9 Å². The van der Waals surface area contributed by atoms with Gasteiger partial charge < -0.3 is 14.6 Å². The molecular formula is C38H33F6FeNO7P2PdS2+2. The van der Waals surface area contributed by atoms with E-state index in [0.717, 1.165) is 0 Å². The minimum atomic E-state index is -6.09. The standard InChI is InChI=1S/2C17H14P.C2H3N.2CHF3O3S.Fe.H2O.Pd/c2*1-3-9-15(10-4-1)18(17-13-7-8-14-17)16-11-5-2-6-12-16;1-2-3;2*2-1(3,4)8(5,6)7;;;/h2*1-14H;1H3;2*(H,5,6,7);;1H2;/q;;;;;+2;;+2/p-2. The smallest absolute Gasteiger partial charge is 0.741 e. The molecular weight excluding hydrogens is 985 g/mol. The van der Waals surface area contributed by atoms with E-state index in [-0.39, 0.29) is 43.0 Å². The number of alkyl halides is 6. The minimum Gasteiger partial charge on any atom is -0.741 e. The Kier molecular flexibility index (Phi) is 28.3. The third-order valence-electron chi connectivity index (χ3n) is 6.43. The molecule has 2 N–H and O–H groups in total. The van der Waals surface area contributed by atoms with Crippen molar-refractivity contribution in [2.24, 2.45) is 0 Å². The molecule has 0 saturated heterocycles. The maximum absolute atomic E-state index is 10.7. The molecule has 4 aromatic rings. The van der Waals surface area contributed by atoms with Crippen LogP contribution < -0.4 is 21.2 Å². The molecule has 2 aliphatic carbocycles. The van der Waals surface area contributed by atoms with Crippen molar-refractivity contribution in [1.29, 1.82) is 5.26 Å². The number of nitrogens with zero attached hydrogens (tertiary/aromatic N) is 1. The van der Waals surface area contributed by atoms with Crippen molar-refractivity contribution >= 4 is 57.3 Å². The summed E-state index contributed by atoms with van der Waals surface area (Å²) in [6.45, 7) is 1.43. The van der Waals surface area contributed by atoms with E-state index in [4.69, 9.17) is 31.2 Å². The first-order chi connectivity index (χ1) is 25.8. The molecule has 2 fully saturated rings. The molecule has 0 aromatic heterocycles. The first kappa shape index (κ1) is 57.9. The fraction of sp³-hybridized carbons (Fsp3) is 0.0789.